The van der Waals surface area contributed by atoms with Crippen molar-refractivity contribution in [1.82, 2.24) is 29.9 Å². The molecule has 0 bridgehead atoms. The summed E-state index contributed by atoms with van der Waals surface area (Å²) < 4.78 is 21.0. The lowest BCUT2D eigenvalue weighted by Crippen LogP contribution is -2.52. The second kappa shape index (κ2) is 10.2. The second-order valence-corrected chi connectivity index (χ2v) is 7.00. The first-order chi connectivity index (χ1) is 14.1. The Labute approximate surface area is 171 Å². The molecule has 0 aliphatic carbocycles. The van der Waals surface area contributed by atoms with Gasteiger partial charge in [0.05, 0.1) is 7.11 Å². The molecule has 1 aromatic heterocycles. The largest absolute Gasteiger partial charge is 0.494 e. The number of aliphatic imine (C=N–C) groups is 1. The molecular formula is C20H30FN7O. The van der Waals surface area contributed by atoms with Crippen molar-refractivity contribution in [3.63, 3.8) is 0 Å². The summed E-state index contributed by atoms with van der Waals surface area (Å²) in [6, 6.07) is 5.16. The highest BCUT2D eigenvalue weighted by Crippen LogP contribution is 2.19. The number of benzene rings is 1. The van der Waals surface area contributed by atoms with E-state index in [0.29, 0.717) is 0 Å². The van der Waals surface area contributed by atoms with Gasteiger partial charge in [0.15, 0.2) is 17.5 Å². The molecule has 1 aromatic carbocycles. The fourth-order valence-corrected chi connectivity index (χ4v) is 3.54. The van der Waals surface area contributed by atoms with E-state index in [9.17, 15) is 4.39 Å². The predicted molar refractivity (Wildman–Crippen MR) is 111 cm³/mol. The average Bonchev–Trinajstić information content (AvgIpc) is 3.20. The molecule has 1 aliphatic heterocycles. The van der Waals surface area contributed by atoms with Gasteiger partial charge >= 0.3 is 0 Å². The number of methoxy groups -OCH3 is 1. The van der Waals surface area contributed by atoms with Crippen molar-refractivity contribution < 1.29 is 9.13 Å². The number of aryl methyl sites for hydroxylation is 1. The van der Waals surface area contributed by atoms with Crippen LogP contribution < -0.4 is 10.1 Å². The Morgan fingerprint density at radius 2 is 2.07 bits per heavy atom. The minimum absolute atomic E-state index is 0.283. The van der Waals surface area contributed by atoms with E-state index in [0.717, 1.165) is 69.6 Å². The molecule has 2 heterocycles. The van der Waals surface area contributed by atoms with E-state index in [-0.39, 0.29) is 11.6 Å². The van der Waals surface area contributed by atoms with Gasteiger partial charge in [0.25, 0.3) is 0 Å². The van der Waals surface area contributed by atoms with Gasteiger partial charge in [0.2, 0.25) is 0 Å². The van der Waals surface area contributed by atoms with Crippen LogP contribution >= 0.6 is 0 Å². The molecule has 1 fully saturated rings. The molecule has 2 aromatic rings. The van der Waals surface area contributed by atoms with Gasteiger partial charge in [-0.15, -0.1) is 10.2 Å². The summed E-state index contributed by atoms with van der Waals surface area (Å²) in [5.74, 6) is 1.87. The third kappa shape index (κ3) is 5.44. The molecule has 1 saturated heterocycles. The molecule has 1 aliphatic rings. The number of halogens is 1. The third-order valence-electron chi connectivity index (χ3n) is 5.15. The zero-order valence-electron chi connectivity index (χ0n) is 17.4. The minimum Gasteiger partial charge on any atom is -0.494 e. The first-order valence-electron chi connectivity index (χ1n) is 10.0. The van der Waals surface area contributed by atoms with Gasteiger partial charge in [-0.3, -0.25) is 9.89 Å². The Morgan fingerprint density at radius 1 is 1.28 bits per heavy atom. The summed E-state index contributed by atoms with van der Waals surface area (Å²) in [6.45, 7) is 7.94. The molecule has 158 valence electrons. The zero-order valence-corrected chi connectivity index (χ0v) is 17.4. The first-order valence-corrected chi connectivity index (χ1v) is 10.0. The fourth-order valence-electron chi connectivity index (χ4n) is 3.54. The van der Waals surface area contributed by atoms with Gasteiger partial charge in [-0.1, -0.05) is 13.0 Å². The molecule has 29 heavy (non-hydrogen) atoms. The second-order valence-electron chi connectivity index (χ2n) is 7.00. The molecule has 0 saturated carbocycles. The van der Waals surface area contributed by atoms with Crippen molar-refractivity contribution in [2.75, 3.05) is 46.9 Å². The molecule has 0 atom stereocenters. The molecule has 8 nitrogen and oxygen atoms in total. The maximum atomic E-state index is 13.9. The van der Waals surface area contributed by atoms with Crippen LogP contribution in [0.2, 0.25) is 0 Å². The van der Waals surface area contributed by atoms with E-state index >= 15 is 0 Å². The van der Waals surface area contributed by atoms with Gasteiger partial charge in [0, 0.05) is 59.3 Å². The lowest BCUT2D eigenvalue weighted by atomic mass is 10.2. The number of nitrogens with zero attached hydrogens (tertiary/aromatic N) is 6. The van der Waals surface area contributed by atoms with Crippen LogP contribution in [0.25, 0.3) is 0 Å². The zero-order chi connectivity index (χ0) is 20.6. The maximum Gasteiger partial charge on any atom is 0.193 e. The number of piperazine rings is 1. The number of hydrogen-bond donors (Lipinski definition) is 1. The van der Waals surface area contributed by atoms with E-state index in [1.165, 1.54) is 7.11 Å². The maximum absolute atomic E-state index is 13.9. The third-order valence-corrected chi connectivity index (χ3v) is 5.15. The topological polar surface area (TPSA) is 70.8 Å². The van der Waals surface area contributed by atoms with Gasteiger partial charge in [-0.05, 0) is 17.7 Å². The van der Waals surface area contributed by atoms with Crippen LogP contribution in [0, 0.1) is 5.82 Å². The van der Waals surface area contributed by atoms with Gasteiger partial charge in [0.1, 0.15) is 12.2 Å². The summed E-state index contributed by atoms with van der Waals surface area (Å²) in [4.78, 5) is 9.01. The molecule has 0 amide bonds. The summed E-state index contributed by atoms with van der Waals surface area (Å²) >= 11 is 0. The molecule has 0 radical (unpaired) electrons. The highest BCUT2D eigenvalue weighted by molar-refractivity contribution is 5.79. The Kier molecular flexibility index (Phi) is 7.40. The van der Waals surface area contributed by atoms with E-state index in [1.807, 2.05) is 13.1 Å². The van der Waals surface area contributed by atoms with Crippen LogP contribution in [0.5, 0.6) is 5.75 Å². The minimum atomic E-state index is -0.312. The Bertz CT molecular complexity index is 815. The van der Waals surface area contributed by atoms with Gasteiger partial charge in [-0.25, -0.2) is 4.39 Å². The molecule has 9 heteroatoms. The summed E-state index contributed by atoms with van der Waals surface area (Å²) in [6.07, 6.45) is 2.64. The van der Waals surface area contributed by atoms with Crippen molar-refractivity contribution >= 4 is 5.96 Å². The van der Waals surface area contributed by atoms with Crippen LogP contribution in [-0.2, 0) is 19.5 Å². The van der Waals surface area contributed by atoms with Crippen LogP contribution in [0.3, 0.4) is 0 Å². The summed E-state index contributed by atoms with van der Waals surface area (Å²) in [5.41, 5.74) is 0.958. The fraction of sp³-hybridized carbons (Fsp3) is 0.550. The van der Waals surface area contributed by atoms with E-state index < -0.39 is 0 Å². The van der Waals surface area contributed by atoms with Crippen molar-refractivity contribution in [2.24, 2.45) is 4.99 Å². The quantitative estimate of drug-likeness (QED) is 0.556. The van der Waals surface area contributed by atoms with E-state index in [2.05, 4.69) is 41.8 Å². The van der Waals surface area contributed by atoms with Gasteiger partial charge in [-0.2, -0.15) is 0 Å². The van der Waals surface area contributed by atoms with Crippen LogP contribution in [-0.4, -0.2) is 77.4 Å². The lowest BCUT2D eigenvalue weighted by Gasteiger charge is -2.36. The molecule has 0 unspecified atom stereocenters. The number of aromatic nitrogens is 3. The standard InChI is InChI=1S/C20H30FN7O/c1-4-19-25-24-15-28(19)8-7-23-20(22-2)27-11-9-26(10-12-27)14-16-5-6-18(29-3)17(21)13-16/h5-6,13,15H,4,7-12,14H2,1-3H3,(H,22,23). The van der Waals surface area contributed by atoms with Crippen molar-refractivity contribution in [1.29, 1.82) is 0 Å². The van der Waals surface area contributed by atoms with Crippen LogP contribution in [0.1, 0.15) is 18.3 Å². The normalized spacial score (nSPS) is 15.6. The lowest BCUT2D eigenvalue weighted by molar-refractivity contribution is 0.172. The number of guanidine groups is 1. The molecule has 1 N–H and O–H groups in total. The number of hydrogen-bond acceptors (Lipinski definition) is 5. The van der Waals surface area contributed by atoms with Crippen molar-refractivity contribution in [2.45, 2.75) is 26.4 Å². The smallest absolute Gasteiger partial charge is 0.193 e. The molecule has 0 spiro atoms. The number of nitrogens with one attached hydrogen (secondary N) is 1. The SMILES string of the molecule is CCc1nncn1CCNC(=NC)N1CCN(Cc2ccc(OC)c(F)c2)CC1. The number of ether oxygens (including phenoxy) is 1. The van der Waals surface area contributed by atoms with Crippen LogP contribution in [0.15, 0.2) is 29.5 Å². The monoisotopic (exact) mass is 403 g/mol. The Hall–Kier alpha value is -2.68. The highest BCUT2D eigenvalue weighted by Gasteiger charge is 2.20. The molecular weight excluding hydrogens is 373 g/mol. The summed E-state index contributed by atoms with van der Waals surface area (Å²) in [5, 5.41) is 11.5. The highest BCUT2D eigenvalue weighted by atomic mass is 19.1. The molecule has 3 rings (SSSR count). The van der Waals surface area contributed by atoms with Gasteiger partial charge < -0.3 is 19.5 Å². The Balaban J connectivity index is 1.45. The number of rotatable bonds is 7. The van der Waals surface area contributed by atoms with Crippen molar-refractivity contribution in [3.8, 4) is 5.75 Å². The summed E-state index contributed by atoms with van der Waals surface area (Å²) in [7, 11) is 3.29. The average molecular weight is 404 g/mol. The predicted octanol–water partition coefficient (Wildman–Crippen LogP) is 1.38. The van der Waals surface area contributed by atoms with E-state index in [1.54, 1.807) is 18.5 Å². The first kappa shape index (κ1) is 21.0. The van der Waals surface area contributed by atoms with E-state index in [4.69, 9.17) is 4.74 Å². The van der Waals surface area contributed by atoms with Crippen LogP contribution in [0.4, 0.5) is 4.39 Å². The van der Waals surface area contributed by atoms with Crippen molar-refractivity contribution in [3.05, 3.63) is 41.7 Å². The Morgan fingerprint density at radius 3 is 2.72 bits per heavy atom.